The molecule has 1 saturated heterocycles. The minimum absolute atomic E-state index is 0.110. The van der Waals surface area contributed by atoms with Crippen molar-refractivity contribution in [2.24, 2.45) is 0 Å². The number of aromatic nitrogens is 4. The molecule has 0 radical (unpaired) electrons. The summed E-state index contributed by atoms with van der Waals surface area (Å²) in [6.45, 7) is 7.65. The first-order valence-electron chi connectivity index (χ1n) is 7.64. The van der Waals surface area contributed by atoms with E-state index in [2.05, 4.69) is 20.8 Å². The Balaban J connectivity index is 1.67. The highest BCUT2D eigenvalue weighted by atomic mass is 16.2. The summed E-state index contributed by atoms with van der Waals surface area (Å²) in [5.74, 6) is 0.478. The van der Waals surface area contributed by atoms with Gasteiger partial charge in [0.1, 0.15) is 6.04 Å². The van der Waals surface area contributed by atoms with Crippen molar-refractivity contribution in [2.45, 2.75) is 39.3 Å². The minimum atomic E-state index is -0.369. The molecule has 2 aromatic heterocycles. The summed E-state index contributed by atoms with van der Waals surface area (Å²) in [4.78, 5) is 12.4. The molecule has 3 heterocycles. The summed E-state index contributed by atoms with van der Waals surface area (Å²) in [6.07, 6.45) is 2.98. The molecule has 1 fully saturated rings. The zero-order valence-electron chi connectivity index (χ0n) is 13.2. The van der Waals surface area contributed by atoms with Gasteiger partial charge in [-0.2, -0.15) is 10.2 Å². The quantitative estimate of drug-likeness (QED) is 0.896. The van der Waals surface area contributed by atoms with Crippen LogP contribution in [-0.2, 0) is 4.79 Å². The maximum Gasteiger partial charge on any atom is 0.250 e. The van der Waals surface area contributed by atoms with E-state index in [0.29, 0.717) is 11.9 Å². The molecule has 2 N–H and O–H groups in total. The Hall–Kier alpha value is -2.15. The Bertz CT molecular complexity index is 667. The second-order valence-corrected chi connectivity index (χ2v) is 5.86. The Labute approximate surface area is 129 Å². The van der Waals surface area contributed by atoms with Gasteiger partial charge in [0.15, 0.2) is 5.82 Å². The van der Waals surface area contributed by atoms with Crippen molar-refractivity contribution in [3.05, 3.63) is 29.7 Å². The zero-order chi connectivity index (χ0) is 15.7. The van der Waals surface area contributed by atoms with Crippen LogP contribution in [0.25, 0.3) is 0 Å². The van der Waals surface area contributed by atoms with E-state index in [1.807, 2.05) is 43.8 Å². The van der Waals surface area contributed by atoms with E-state index in [-0.39, 0.29) is 11.9 Å². The van der Waals surface area contributed by atoms with Crippen LogP contribution in [0.1, 0.15) is 36.8 Å². The van der Waals surface area contributed by atoms with Crippen LogP contribution in [0.5, 0.6) is 0 Å². The van der Waals surface area contributed by atoms with Crippen molar-refractivity contribution < 1.29 is 4.79 Å². The van der Waals surface area contributed by atoms with E-state index in [0.717, 1.165) is 30.9 Å². The number of aryl methyl sites for hydroxylation is 2. The molecular weight excluding hydrogens is 280 g/mol. The molecule has 7 nitrogen and oxygen atoms in total. The van der Waals surface area contributed by atoms with Crippen LogP contribution < -0.4 is 10.6 Å². The highest BCUT2D eigenvalue weighted by Crippen LogP contribution is 2.17. The van der Waals surface area contributed by atoms with Crippen LogP contribution in [0.3, 0.4) is 0 Å². The van der Waals surface area contributed by atoms with Gasteiger partial charge in [-0.15, -0.1) is 0 Å². The number of anilines is 1. The van der Waals surface area contributed by atoms with Crippen molar-refractivity contribution >= 4 is 11.7 Å². The lowest BCUT2D eigenvalue weighted by Crippen LogP contribution is -2.25. The highest BCUT2D eigenvalue weighted by Gasteiger charge is 2.20. The predicted molar refractivity (Wildman–Crippen MR) is 83.8 cm³/mol. The molecule has 22 heavy (non-hydrogen) atoms. The standard InChI is InChI=1S/C15H22N6O/c1-10-8-11(2)21(18-10)12(3)15(22)17-14-5-7-20(19-14)13-4-6-16-9-13/h5,7-8,12-13,16H,4,6,9H2,1-3H3,(H,17,19,22)/t12-,13-/m0/s1. The number of carbonyl (C=O) groups is 1. The van der Waals surface area contributed by atoms with Crippen molar-refractivity contribution in [3.63, 3.8) is 0 Å². The van der Waals surface area contributed by atoms with Gasteiger partial charge in [-0.05, 0) is 39.8 Å². The zero-order valence-corrected chi connectivity index (χ0v) is 13.2. The Morgan fingerprint density at radius 3 is 2.91 bits per heavy atom. The third-order valence-electron chi connectivity index (χ3n) is 4.06. The maximum absolute atomic E-state index is 12.4. The molecule has 0 aliphatic carbocycles. The molecule has 3 rings (SSSR count). The van der Waals surface area contributed by atoms with E-state index in [1.54, 1.807) is 4.68 Å². The first-order valence-corrected chi connectivity index (χ1v) is 7.64. The lowest BCUT2D eigenvalue weighted by atomic mass is 10.3. The number of rotatable bonds is 4. The SMILES string of the molecule is Cc1cc(C)n([C@@H](C)C(=O)Nc2ccn([C@H]3CCNC3)n2)n1. The van der Waals surface area contributed by atoms with Crippen molar-refractivity contribution in [2.75, 3.05) is 18.4 Å². The summed E-state index contributed by atoms with van der Waals surface area (Å²) >= 11 is 0. The topological polar surface area (TPSA) is 76.8 Å². The molecule has 118 valence electrons. The Morgan fingerprint density at radius 1 is 1.45 bits per heavy atom. The van der Waals surface area contributed by atoms with E-state index in [9.17, 15) is 4.79 Å². The fourth-order valence-corrected chi connectivity index (χ4v) is 2.85. The van der Waals surface area contributed by atoms with Crippen LogP contribution in [-0.4, -0.2) is 38.6 Å². The van der Waals surface area contributed by atoms with E-state index < -0.39 is 0 Å². The smallest absolute Gasteiger partial charge is 0.250 e. The van der Waals surface area contributed by atoms with Gasteiger partial charge < -0.3 is 10.6 Å². The van der Waals surface area contributed by atoms with Gasteiger partial charge in [0, 0.05) is 24.5 Å². The third kappa shape index (κ3) is 2.89. The van der Waals surface area contributed by atoms with E-state index >= 15 is 0 Å². The summed E-state index contributed by atoms with van der Waals surface area (Å²) in [6, 6.07) is 3.81. The maximum atomic E-state index is 12.4. The van der Waals surface area contributed by atoms with Gasteiger partial charge in [-0.25, -0.2) is 0 Å². The van der Waals surface area contributed by atoms with Crippen LogP contribution in [0.2, 0.25) is 0 Å². The predicted octanol–water partition coefficient (Wildman–Crippen LogP) is 1.43. The van der Waals surface area contributed by atoms with Crippen molar-refractivity contribution in [1.29, 1.82) is 0 Å². The minimum Gasteiger partial charge on any atom is -0.315 e. The van der Waals surface area contributed by atoms with Crippen LogP contribution in [0, 0.1) is 13.8 Å². The second-order valence-electron chi connectivity index (χ2n) is 5.86. The first kappa shape index (κ1) is 14.8. The summed E-state index contributed by atoms with van der Waals surface area (Å²) in [7, 11) is 0. The number of hydrogen-bond acceptors (Lipinski definition) is 4. The van der Waals surface area contributed by atoms with Gasteiger partial charge in [0.2, 0.25) is 5.91 Å². The monoisotopic (exact) mass is 302 g/mol. The lowest BCUT2D eigenvalue weighted by molar-refractivity contribution is -0.119. The second kappa shape index (κ2) is 5.92. The molecule has 0 bridgehead atoms. The molecule has 1 aliphatic heterocycles. The van der Waals surface area contributed by atoms with Gasteiger partial charge in [0.25, 0.3) is 0 Å². The van der Waals surface area contributed by atoms with Gasteiger partial charge in [-0.3, -0.25) is 14.2 Å². The third-order valence-corrected chi connectivity index (χ3v) is 4.06. The van der Waals surface area contributed by atoms with Crippen molar-refractivity contribution in [3.8, 4) is 0 Å². The van der Waals surface area contributed by atoms with Gasteiger partial charge >= 0.3 is 0 Å². The molecule has 1 aliphatic rings. The highest BCUT2D eigenvalue weighted by molar-refractivity contribution is 5.92. The van der Waals surface area contributed by atoms with Crippen LogP contribution in [0.15, 0.2) is 18.3 Å². The van der Waals surface area contributed by atoms with E-state index in [4.69, 9.17) is 0 Å². The molecule has 1 amide bonds. The number of nitrogens with one attached hydrogen (secondary N) is 2. The first-order chi connectivity index (χ1) is 10.5. The Kier molecular flexibility index (Phi) is 3.98. The van der Waals surface area contributed by atoms with Crippen molar-refractivity contribution in [1.82, 2.24) is 24.9 Å². The average molecular weight is 302 g/mol. The summed E-state index contributed by atoms with van der Waals surface area (Å²) in [5.41, 5.74) is 1.89. The molecule has 2 aromatic rings. The van der Waals surface area contributed by atoms with Crippen LogP contribution in [0.4, 0.5) is 5.82 Å². The molecule has 0 aromatic carbocycles. The largest absolute Gasteiger partial charge is 0.315 e. The fourth-order valence-electron chi connectivity index (χ4n) is 2.85. The number of nitrogens with zero attached hydrogens (tertiary/aromatic N) is 4. The average Bonchev–Trinajstić information content (AvgIpc) is 3.18. The molecular formula is C15H22N6O. The van der Waals surface area contributed by atoms with Crippen LogP contribution >= 0.6 is 0 Å². The number of carbonyl (C=O) groups excluding carboxylic acids is 1. The molecule has 0 spiro atoms. The normalized spacial score (nSPS) is 19.3. The Morgan fingerprint density at radius 2 is 2.27 bits per heavy atom. The summed E-state index contributed by atoms with van der Waals surface area (Å²) in [5, 5.41) is 15.0. The van der Waals surface area contributed by atoms with Gasteiger partial charge in [-0.1, -0.05) is 0 Å². The molecule has 2 atom stereocenters. The number of hydrogen-bond donors (Lipinski definition) is 2. The number of amides is 1. The van der Waals surface area contributed by atoms with Gasteiger partial charge in [0.05, 0.1) is 11.7 Å². The summed E-state index contributed by atoms with van der Waals surface area (Å²) < 4.78 is 3.66. The lowest BCUT2D eigenvalue weighted by Gasteiger charge is -2.13. The fraction of sp³-hybridized carbons (Fsp3) is 0.533. The molecule has 7 heteroatoms. The van der Waals surface area contributed by atoms with E-state index in [1.165, 1.54) is 0 Å². The molecule has 0 saturated carbocycles. The molecule has 0 unspecified atom stereocenters.